The molecule has 0 bridgehead atoms. The van der Waals surface area contributed by atoms with E-state index in [-0.39, 0.29) is 0 Å². The Kier molecular flexibility index (Phi) is 2.54. The zero-order valence-electron chi connectivity index (χ0n) is 12.8. The van der Waals surface area contributed by atoms with Crippen LogP contribution in [0.2, 0.25) is 0 Å². The van der Waals surface area contributed by atoms with E-state index >= 15 is 0 Å². The maximum atomic E-state index is 12.3. The maximum Gasteiger partial charge on any atom is 0.301 e. The molecule has 0 unspecified atom stereocenters. The first-order valence-electron chi connectivity index (χ1n) is 7.86. The van der Waals surface area contributed by atoms with Gasteiger partial charge in [0.1, 0.15) is 0 Å². The van der Waals surface area contributed by atoms with Crippen LogP contribution >= 0.6 is 0 Å². The molecule has 1 aliphatic heterocycles. The van der Waals surface area contributed by atoms with Gasteiger partial charge in [-0.3, -0.25) is 9.59 Å². The fourth-order valence-corrected chi connectivity index (χ4v) is 3.51. The first-order chi connectivity index (χ1) is 11.8. The standard InChI is InChI=1S/C20H13N2O2/c23-19-17(21-11-9-13-5-1-3-7-15(13)21)18(20(19)24)22-12-10-14-6-2-4-8-16(14)22/h1-9,11-12H,10H2/q+1. The zero-order valence-corrected chi connectivity index (χ0v) is 12.8. The van der Waals surface area contributed by atoms with E-state index in [0.717, 1.165) is 28.6 Å². The Bertz CT molecular complexity index is 1220. The summed E-state index contributed by atoms with van der Waals surface area (Å²) < 4.78 is 3.69. The fourth-order valence-electron chi connectivity index (χ4n) is 3.51. The molecule has 0 saturated carbocycles. The summed E-state index contributed by atoms with van der Waals surface area (Å²) in [4.78, 5) is 24.6. The van der Waals surface area contributed by atoms with E-state index in [9.17, 15) is 9.59 Å². The summed E-state index contributed by atoms with van der Waals surface area (Å²) in [7, 11) is 0. The van der Waals surface area contributed by atoms with Gasteiger partial charge in [0.25, 0.3) is 11.1 Å². The second-order valence-corrected chi connectivity index (χ2v) is 5.99. The predicted molar refractivity (Wildman–Crippen MR) is 95.9 cm³/mol. The molecule has 2 heterocycles. The van der Waals surface area contributed by atoms with E-state index in [1.807, 2.05) is 76.2 Å². The number of rotatable bonds is 2. The van der Waals surface area contributed by atoms with Gasteiger partial charge in [0.2, 0.25) is 5.69 Å². The Morgan fingerprint density at radius 1 is 0.875 bits per heavy atom. The molecule has 114 valence electrons. The fraction of sp³-hybridized carbons (Fsp3) is 0.0500. The van der Waals surface area contributed by atoms with Crippen molar-refractivity contribution in [1.82, 2.24) is 9.14 Å². The number of para-hydroxylation sites is 2. The number of fused-ring (bicyclic) bond motifs is 2. The molecule has 0 amide bonds. The third kappa shape index (κ3) is 1.60. The quantitative estimate of drug-likeness (QED) is 0.422. The minimum atomic E-state index is -0.427. The molecule has 0 aliphatic carbocycles. The summed E-state index contributed by atoms with van der Waals surface area (Å²) >= 11 is 0. The number of hydrogen-bond acceptors (Lipinski definition) is 2. The molecule has 5 rings (SSSR count). The molecule has 24 heavy (non-hydrogen) atoms. The molecule has 3 aromatic carbocycles. The van der Waals surface area contributed by atoms with Gasteiger partial charge in [-0.25, -0.2) is 0 Å². The van der Waals surface area contributed by atoms with Gasteiger partial charge in [-0.15, -0.1) is 0 Å². The highest BCUT2D eigenvalue weighted by Crippen LogP contribution is 2.31. The molecule has 0 atom stereocenters. The van der Waals surface area contributed by atoms with Crippen molar-refractivity contribution in [2.75, 3.05) is 0 Å². The van der Waals surface area contributed by atoms with Crippen LogP contribution in [-0.2, 0) is 6.42 Å². The van der Waals surface area contributed by atoms with Crippen molar-refractivity contribution in [1.29, 1.82) is 0 Å². The van der Waals surface area contributed by atoms with Crippen LogP contribution in [0.1, 0.15) is 5.56 Å². The molecule has 0 N–H and O–H groups in total. The number of hydrogen-bond donors (Lipinski definition) is 0. The molecular weight excluding hydrogens is 300 g/mol. The molecule has 4 aromatic rings. The van der Waals surface area contributed by atoms with E-state index in [1.54, 1.807) is 0 Å². The van der Waals surface area contributed by atoms with Crippen LogP contribution in [0, 0.1) is 0 Å². The molecule has 0 fully saturated rings. The van der Waals surface area contributed by atoms with Gasteiger partial charge in [0.15, 0.2) is 11.9 Å². The average molecular weight is 313 g/mol. The van der Waals surface area contributed by atoms with Crippen LogP contribution in [0.25, 0.3) is 16.6 Å². The van der Waals surface area contributed by atoms with E-state index < -0.39 is 10.9 Å². The largest absolute Gasteiger partial charge is 0.307 e. The summed E-state index contributed by atoms with van der Waals surface area (Å²) in [5.41, 5.74) is 3.13. The topological polar surface area (TPSA) is 42.1 Å². The first kappa shape index (κ1) is 13.2. The third-order valence-electron chi connectivity index (χ3n) is 4.69. The van der Waals surface area contributed by atoms with Crippen molar-refractivity contribution in [3.05, 3.63) is 86.8 Å². The van der Waals surface area contributed by atoms with Crippen LogP contribution in [0.4, 0.5) is 11.4 Å². The number of nitrogens with zero attached hydrogens (tertiary/aromatic N) is 2. The van der Waals surface area contributed by atoms with Crippen molar-refractivity contribution in [3.8, 4) is 5.69 Å². The summed E-state index contributed by atoms with van der Waals surface area (Å²) in [6.07, 6.45) is 4.59. The SMILES string of the molecule is O=c1c(-n2ccc3ccccc32)c([N+]2=CCc3ccccc32)c1=O. The van der Waals surface area contributed by atoms with Crippen LogP contribution in [0.3, 0.4) is 0 Å². The molecule has 4 heteroatoms. The Hall–Kier alpha value is -3.27. The summed E-state index contributed by atoms with van der Waals surface area (Å²) in [5.74, 6) is 0. The lowest BCUT2D eigenvalue weighted by Crippen LogP contribution is -2.39. The highest BCUT2D eigenvalue weighted by Gasteiger charge is 2.36. The summed E-state index contributed by atoms with van der Waals surface area (Å²) in [6.45, 7) is 0. The molecule has 0 saturated heterocycles. The van der Waals surface area contributed by atoms with Crippen molar-refractivity contribution >= 4 is 28.5 Å². The minimum Gasteiger partial charge on any atom is -0.307 e. The normalized spacial score (nSPS) is 13.4. The highest BCUT2D eigenvalue weighted by atomic mass is 16.2. The predicted octanol–water partition coefficient (Wildman–Crippen LogP) is 2.69. The van der Waals surface area contributed by atoms with Crippen LogP contribution in [-0.4, -0.2) is 10.8 Å². The Morgan fingerprint density at radius 3 is 2.58 bits per heavy atom. The molecule has 4 nitrogen and oxygen atoms in total. The minimum absolute atomic E-state index is 0.421. The van der Waals surface area contributed by atoms with Gasteiger partial charge in [-0.2, -0.15) is 4.58 Å². The first-order valence-corrected chi connectivity index (χ1v) is 7.86. The van der Waals surface area contributed by atoms with E-state index in [0.29, 0.717) is 11.4 Å². The molecular formula is C20H13N2O2+. The monoisotopic (exact) mass is 313 g/mol. The van der Waals surface area contributed by atoms with Crippen molar-refractivity contribution in [2.45, 2.75) is 6.42 Å². The molecule has 1 aliphatic rings. The van der Waals surface area contributed by atoms with Gasteiger partial charge in [0, 0.05) is 17.8 Å². The third-order valence-corrected chi connectivity index (χ3v) is 4.69. The van der Waals surface area contributed by atoms with Crippen molar-refractivity contribution < 1.29 is 0 Å². The lowest BCUT2D eigenvalue weighted by atomic mass is 10.1. The molecule has 1 aromatic heterocycles. The van der Waals surface area contributed by atoms with Crippen LogP contribution in [0.15, 0.2) is 70.4 Å². The zero-order chi connectivity index (χ0) is 16.3. The van der Waals surface area contributed by atoms with Gasteiger partial charge < -0.3 is 4.57 Å². The summed E-state index contributed by atoms with van der Waals surface area (Å²) in [6, 6.07) is 17.8. The van der Waals surface area contributed by atoms with Gasteiger partial charge in [-0.1, -0.05) is 36.4 Å². The van der Waals surface area contributed by atoms with E-state index in [2.05, 4.69) is 0 Å². The maximum absolute atomic E-state index is 12.3. The Labute approximate surface area is 137 Å². The average Bonchev–Trinajstić information content (AvgIpc) is 3.23. The second kappa shape index (κ2) is 4.61. The molecule has 0 spiro atoms. The van der Waals surface area contributed by atoms with Gasteiger partial charge in [0.05, 0.1) is 11.9 Å². The van der Waals surface area contributed by atoms with Crippen LogP contribution in [0.5, 0.6) is 0 Å². The summed E-state index contributed by atoms with van der Waals surface area (Å²) in [5, 5.41) is 1.04. The Morgan fingerprint density at radius 2 is 1.67 bits per heavy atom. The van der Waals surface area contributed by atoms with Crippen LogP contribution < -0.4 is 15.4 Å². The van der Waals surface area contributed by atoms with E-state index in [1.165, 1.54) is 0 Å². The van der Waals surface area contributed by atoms with Gasteiger partial charge >= 0.3 is 5.43 Å². The number of benzene rings is 2. The Balaban J connectivity index is 1.76. The smallest absolute Gasteiger partial charge is 0.301 e. The lowest BCUT2D eigenvalue weighted by Gasteiger charge is -2.10. The van der Waals surface area contributed by atoms with Crippen molar-refractivity contribution in [2.24, 2.45) is 0 Å². The molecule has 0 radical (unpaired) electrons. The number of aromatic nitrogens is 1. The van der Waals surface area contributed by atoms with Crippen molar-refractivity contribution in [3.63, 3.8) is 0 Å². The lowest BCUT2D eigenvalue weighted by molar-refractivity contribution is 0.990. The second-order valence-electron chi connectivity index (χ2n) is 5.99. The van der Waals surface area contributed by atoms with Gasteiger partial charge in [-0.05, 0) is 17.5 Å². The highest BCUT2D eigenvalue weighted by molar-refractivity contribution is 5.88. The van der Waals surface area contributed by atoms with E-state index in [4.69, 9.17) is 0 Å².